The first-order valence-corrected chi connectivity index (χ1v) is 4.77. The van der Waals surface area contributed by atoms with Crippen LogP contribution in [0, 0.1) is 6.92 Å². The molecular weight excluding hydrogens is 172 g/mol. The molecule has 0 fully saturated rings. The van der Waals surface area contributed by atoms with Gasteiger partial charge >= 0.3 is 0 Å². The molecule has 66 valence electrons. The topological polar surface area (TPSA) is 56.0 Å². The molecule has 0 aliphatic heterocycles. The molecule has 0 saturated carbocycles. The summed E-state index contributed by atoms with van der Waals surface area (Å²) in [6, 6.07) is 0. The molecule has 1 aromatic rings. The van der Waals surface area contributed by atoms with E-state index in [1.807, 2.05) is 6.92 Å². The van der Waals surface area contributed by atoms with Crippen LogP contribution in [0.25, 0.3) is 0 Å². The number of Topliss-reactive ketones (excluding diaryl/α,β-unsaturated/α-hetero) is 1. The van der Waals surface area contributed by atoms with Gasteiger partial charge in [0.25, 0.3) is 0 Å². The van der Waals surface area contributed by atoms with E-state index in [2.05, 4.69) is 4.98 Å². The van der Waals surface area contributed by atoms with Crippen molar-refractivity contribution >= 4 is 17.1 Å². The van der Waals surface area contributed by atoms with Crippen molar-refractivity contribution in [1.82, 2.24) is 4.98 Å². The summed E-state index contributed by atoms with van der Waals surface area (Å²) in [6.45, 7) is 2.43. The van der Waals surface area contributed by atoms with Crippen LogP contribution in [0.15, 0.2) is 5.51 Å². The maximum absolute atomic E-state index is 11.4. The second-order valence-electron chi connectivity index (χ2n) is 2.58. The highest BCUT2D eigenvalue weighted by Gasteiger charge is 2.10. The van der Waals surface area contributed by atoms with E-state index in [9.17, 15) is 4.79 Å². The smallest absolute Gasteiger partial charge is 0.174 e. The number of ketones is 1. The van der Waals surface area contributed by atoms with Crippen molar-refractivity contribution in [1.29, 1.82) is 0 Å². The fourth-order valence-corrected chi connectivity index (χ4v) is 1.72. The van der Waals surface area contributed by atoms with Crippen molar-refractivity contribution in [2.24, 2.45) is 5.73 Å². The standard InChI is InChI=1S/C8H12N2OS/c1-6-8(12-5-10-6)7(11)3-2-4-9/h5H,2-4,9H2,1H3. The molecule has 1 aromatic heterocycles. The van der Waals surface area contributed by atoms with E-state index in [0.717, 1.165) is 17.0 Å². The minimum absolute atomic E-state index is 0.167. The molecule has 0 bridgehead atoms. The molecule has 0 aromatic carbocycles. The van der Waals surface area contributed by atoms with Crippen molar-refractivity contribution < 1.29 is 4.79 Å². The molecule has 4 heteroatoms. The molecule has 0 spiro atoms. The number of nitrogens with zero attached hydrogens (tertiary/aromatic N) is 1. The summed E-state index contributed by atoms with van der Waals surface area (Å²) >= 11 is 1.41. The Morgan fingerprint density at radius 1 is 1.75 bits per heavy atom. The zero-order chi connectivity index (χ0) is 8.97. The van der Waals surface area contributed by atoms with Gasteiger partial charge in [-0.1, -0.05) is 0 Å². The summed E-state index contributed by atoms with van der Waals surface area (Å²) in [5.74, 6) is 0.167. The number of aromatic nitrogens is 1. The maximum Gasteiger partial charge on any atom is 0.174 e. The lowest BCUT2D eigenvalue weighted by atomic mass is 10.2. The van der Waals surface area contributed by atoms with E-state index in [4.69, 9.17) is 5.73 Å². The first-order chi connectivity index (χ1) is 5.75. The largest absolute Gasteiger partial charge is 0.330 e. The van der Waals surface area contributed by atoms with E-state index >= 15 is 0 Å². The van der Waals surface area contributed by atoms with Crippen LogP contribution < -0.4 is 5.73 Å². The summed E-state index contributed by atoms with van der Waals surface area (Å²) in [7, 11) is 0. The third kappa shape index (κ3) is 2.12. The Balaban J connectivity index is 2.59. The number of nitrogens with two attached hydrogens (primary N) is 1. The number of aryl methyl sites for hydroxylation is 1. The lowest BCUT2D eigenvalue weighted by Crippen LogP contribution is -2.04. The Labute approximate surface area is 75.6 Å². The van der Waals surface area contributed by atoms with Gasteiger partial charge in [-0.2, -0.15) is 0 Å². The van der Waals surface area contributed by atoms with Gasteiger partial charge in [0.15, 0.2) is 5.78 Å². The third-order valence-electron chi connectivity index (χ3n) is 1.61. The zero-order valence-corrected chi connectivity index (χ0v) is 7.86. The van der Waals surface area contributed by atoms with Gasteiger partial charge in [-0.3, -0.25) is 4.79 Å². The van der Waals surface area contributed by atoms with Crippen LogP contribution >= 0.6 is 11.3 Å². The highest BCUT2D eigenvalue weighted by molar-refractivity contribution is 7.11. The Bertz CT molecular complexity index is 270. The maximum atomic E-state index is 11.4. The van der Waals surface area contributed by atoms with Gasteiger partial charge in [-0.15, -0.1) is 11.3 Å². The molecule has 2 N–H and O–H groups in total. The number of carbonyl (C=O) groups excluding carboxylic acids is 1. The molecule has 12 heavy (non-hydrogen) atoms. The third-order valence-corrected chi connectivity index (χ3v) is 2.58. The lowest BCUT2D eigenvalue weighted by molar-refractivity contribution is 0.0984. The quantitative estimate of drug-likeness (QED) is 0.719. The first-order valence-electron chi connectivity index (χ1n) is 3.89. The van der Waals surface area contributed by atoms with Crippen molar-refractivity contribution in [3.05, 3.63) is 16.1 Å². The van der Waals surface area contributed by atoms with E-state index in [1.165, 1.54) is 11.3 Å². The van der Waals surface area contributed by atoms with Crippen LogP contribution in [0.4, 0.5) is 0 Å². The summed E-state index contributed by atoms with van der Waals surface area (Å²) in [6.07, 6.45) is 1.30. The van der Waals surface area contributed by atoms with E-state index in [1.54, 1.807) is 5.51 Å². The molecular formula is C8H12N2OS. The van der Waals surface area contributed by atoms with Gasteiger partial charge in [-0.25, -0.2) is 4.98 Å². The summed E-state index contributed by atoms with van der Waals surface area (Å²) in [5, 5.41) is 0. The van der Waals surface area contributed by atoms with Gasteiger partial charge in [0.2, 0.25) is 0 Å². The molecule has 0 aliphatic rings. The molecule has 0 unspecified atom stereocenters. The summed E-state index contributed by atoms with van der Waals surface area (Å²) < 4.78 is 0. The Kier molecular flexibility index (Phi) is 3.37. The average molecular weight is 184 g/mol. The summed E-state index contributed by atoms with van der Waals surface area (Å²) in [4.78, 5) is 16.2. The Morgan fingerprint density at radius 2 is 2.50 bits per heavy atom. The monoisotopic (exact) mass is 184 g/mol. The number of rotatable bonds is 4. The van der Waals surface area contributed by atoms with Gasteiger partial charge in [0, 0.05) is 6.42 Å². The Morgan fingerprint density at radius 3 is 3.00 bits per heavy atom. The minimum Gasteiger partial charge on any atom is -0.330 e. The number of thiazole rings is 1. The van der Waals surface area contributed by atoms with Crippen molar-refractivity contribution in [2.75, 3.05) is 6.54 Å². The van der Waals surface area contributed by atoms with Crippen LogP contribution in [-0.2, 0) is 0 Å². The molecule has 0 atom stereocenters. The number of hydrogen-bond acceptors (Lipinski definition) is 4. The van der Waals surface area contributed by atoms with Gasteiger partial charge < -0.3 is 5.73 Å². The normalized spacial score (nSPS) is 10.2. The van der Waals surface area contributed by atoms with Crippen molar-refractivity contribution in [2.45, 2.75) is 19.8 Å². The average Bonchev–Trinajstić information content (AvgIpc) is 2.47. The van der Waals surface area contributed by atoms with Crippen LogP contribution in [0.1, 0.15) is 28.2 Å². The lowest BCUT2D eigenvalue weighted by Gasteiger charge is -1.95. The molecule has 0 aliphatic carbocycles. The van der Waals surface area contributed by atoms with Crippen LogP contribution in [0.3, 0.4) is 0 Å². The number of hydrogen-bond donors (Lipinski definition) is 1. The predicted octanol–water partition coefficient (Wildman–Crippen LogP) is 1.37. The highest BCUT2D eigenvalue weighted by atomic mass is 32.1. The fraction of sp³-hybridized carbons (Fsp3) is 0.500. The minimum atomic E-state index is 0.167. The molecule has 3 nitrogen and oxygen atoms in total. The molecule has 1 rings (SSSR count). The molecule has 0 saturated heterocycles. The van der Waals surface area contributed by atoms with Crippen LogP contribution in [-0.4, -0.2) is 17.3 Å². The van der Waals surface area contributed by atoms with Gasteiger partial charge in [0.05, 0.1) is 16.1 Å². The predicted molar refractivity (Wildman–Crippen MR) is 49.5 cm³/mol. The van der Waals surface area contributed by atoms with Crippen LogP contribution in [0.5, 0.6) is 0 Å². The zero-order valence-electron chi connectivity index (χ0n) is 7.04. The highest BCUT2D eigenvalue weighted by Crippen LogP contribution is 2.14. The first kappa shape index (κ1) is 9.35. The van der Waals surface area contributed by atoms with E-state index < -0.39 is 0 Å². The van der Waals surface area contributed by atoms with E-state index in [-0.39, 0.29) is 5.78 Å². The molecule has 0 amide bonds. The van der Waals surface area contributed by atoms with E-state index in [0.29, 0.717) is 13.0 Å². The summed E-state index contributed by atoms with van der Waals surface area (Å²) in [5.41, 5.74) is 7.84. The van der Waals surface area contributed by atoms with Gasteiger partial charge in [-0.05, 0) is 19.9 Å². The molecule has 0 radical (unpaired) electrons. The van der Waals surface area contributed by atoms with Crippen LogP contribution in [0.2, 0.25) is 0 Å². The SMILES string of the molecule is Cc1ncsc1C(=O)CCCN. The number of carbonyl (C=O) groups is 1. The molecule has 1 heterocycles. The second-order valence-corrected chi connectivity index (χ2v) is 3.44. The second kappa shape index (κ2) is 4.33. The van der Waals surface area contributed by atoms with Crippen molar-refractivity contribution in [3.63, 3.8) is 0 Å². The fourth-order valence-electron chi connectivity index (χ4n) is 0.946. The van der Waals surface area contributed by atoms with Gasteiger partial charge in [0.1, 0.15) is 0 Å². The Hall–Kier alpha value is -0.740. The van der Waals surface area contributed by atoms with Crippen molar-refractivity contribution in [3.8, 4) is 0 Å².